The molecule has 0 saturated carbocycles. The molecule has 0 bridgehead atoms. The molecule has 198 valence electrons. The summed E-state index contributed by atoms with van der Waals surface area (Å²) < 4.78 is 68.9. The molecule has 10 nitrogen and oxygen atoms in total. The van der Waals surface area contributed by atoms with Crippen LogP contribution in [0.4, 0.5) is 18.9 Å². The van der Waals surface area contributed by atoms with Gasteiger partial charge >= 0.3 is 21.6 Å². The number of methoxy groups -OCH3 is 1. The number of sulfonamides is 1. The Morgan fingerprint density at radius 2 is 1.89 bits per heavy atom. The molecule has 0 spiro atoms. The summed E-state index contributed by atoms with van der Waals surface area (Å²) >= 11 is 6.04. The van der Waals surface area contributed by atoms with Crippen molar-refractivity contribution in [3.8, 4) is 0 Å². The second-order valence-electron chi connectivity index (χ2n) is 8.03. The normalized spacial score (nSPS) is 14.7. The Labute approximate surface area is 215 Å². The smallest absolute Gasteiger partial charge is 0.467 e. The summed E-state index contributed by atoms with van der Waals surface area (Å²) in [7, 11) is -4.59. The van der Waals surface area contributed by atoms with Crippen molar-refractivity contribution in [2.45, 2.75) is 31.7 Å². The predicted molar refractivity (Wildman–Crippen MR) is 130 cm³/mol. The average molecular weight is 559 g/mol. The molecule has 1 aliphatic heterocycles. The first kappa shape index (κ1) is 26.7. The van der Waals surface area contributed by atoms with Gasteiger partial charge in [-0.05, 0) is 30.5 Å². The van der Waals surface area contributed by atoms with Crippen LogP contribution < -0.4 is 5.01 Å². The Morgan fingerprint density at radius 1 is 1.19 bits per heavy atom. The second kappa shape index (κ2) is 10.2. The van der Waals surface area contributed by atoms with Crippen molar-refractivity contribution in [1.82, 2.24) is 18.7 Å². The molecule has 2 aromatic heterocycles. The Balaban J connectivity index is 1.47. The number of alkyl halides is 3. The molecule has 3 aromatic rings. The highest BCUT2D eigenvalue weighted by Crippen LogP contribution is 2.29. The lowest BCUT2D eigenvalue weighted by Gasteiger charge is -2.32. The van der Waals surface area contributed by atoms with Crippen molar-refractivity contribution < 1.29 is 31.1 Å². The van der Waals surface area contributed by atoms with Crippen LogP contribution in [-0.2, 0) is 27.6 Å². The topological polar surface area (TPSA) is 109 Å². The van der Waals surface area contributed by atoms with E-state index in [1.54, 1.807) is 34.9 Å². The number of anilines is 1. The third kappa shape index (κ3) is 5.21. The third-order valence-corrected chi connectivity index (χ3v) is 7.39. The molecule has 0 N–H and O–H groups in total. The summed E-state index contributed by atoms with van der Waals surface area (Å²) in [4.78, 5) is 21.6. The van der Waals surface area contributed by atoms with Gasteiger partial charge in [0, 0.05) is 12.6 Å². The molecule has 1 aromatic carbocycles. The molecule has 0 unspecified atom stereocenters. The highest BCUT2D eigenvalue weighted by Gasteiger charge is 2.52. The molecular weight excluding hydrogens is 537 g/mol. The van der Waals surface area contributed by atoms with Crippen LogP contribution >= 0.6 is 11.6 Å². The Hall–Kier alpha value is -3.39. The van der Waals surface area contributed by atoms with E-state index in [1.165, 1.54) is 11.2 Å². The van der Waals surface area contributed by atoms with E-state index in [0.29, 0.717) is 40.7 Å². The number of hydrazone groups is 1. The van der Waals surface area contributed by atoms with E-state index in [1.807, 2.05) is 6.92 Å². The van der Waals surface area contributed by atoms with Gasteiger partial charge in [0.15, 0.2) is 5.78 Å². The number of carbonyl (C=O) groups excluding carboxylic acids is 1. The maximum atomic E-state index is 13.0. The number of ether oxygens (including phenoxy) is 1. The van der Waals surface area contributed by atoms with E-state index in [4.69, 9.17) is 16.3 Å². The molecular formula is C22H22ClF3N6O4S. The molecule has 1 aliphatic rings. The lowest BCUT2D eigenvalue weighted by molar-refractivity contribution is -0.0477. The van der Waals surface area contributed by atoms with Gasteiger partial charge in [0.25, 0.3) is 0 Å². The maximum absolute atomic E-state index is 13.0. The fourth-order valence-corrected chi connectivity index (χ4v) is 4.91. The number of aromatic nitrogens is 3. The molecule has 37 heavy (non-hydrogen) atoms. The summed E-state index contributed by atoms with van der Waals surface area (Å²) in [5, 5.41) is 5.65. The van der Waals surface area contributed by atoms with Crippen molar-refractivity contribution in [1.29, 1.82) is 0 Å². The van der Waals surface area contributed by atoms with E-state index in [2.05, 4.69) is 15.1 Å². The van der Waals surface area contributed by atoms with Gasteiger partial charge in [-0.1, -0.05) is 30.7 Å². The van der Waals surface area contributed by atoms with E-state index in [0.717, 1.165) is 12.7 Å². The van der Waals surface area contributed by atoms with Crippen LogP contribution in [0.1, 0.15) is 35.1 Å². The van der Waals surface area contributed by atoms with Gasteiger partial charge in [-0.25, -0.2) is 14.3 Å². The highest BCUT2D eigenvalue weighted by atomic mass is 35.5. The zero-order valence-electron chi connectivity index (χ0n) is 19.7. The molecule has 4 rings (SSSR count). The number of halogens is 4. The SMILES string of the molecule is CCc1nc2ncc(Cl)cn2c1C(=O)CCc1ccc(N2CCN(S(=O)(=O)C(F)(F)F)C(OC)=N2)cc1. The van der Waals surface area contributed by atoms with Gasteiger partial charge in [0.1, 0.15) is 5.69 Å². The molecule has 0 atom stereocenters. The average Bonchev–Trinajstić information content (AvgIpc) is 3.24. The van der Waals surface area contributed by atoms with Gasteiger partial charge in [-0.15, -0.1) is 5.10 Å². The second-order valence-corrected chi connectivity index (χ2v) is 10.3. The molecule has 15 heteroatoms. The van der Waals surface area contributed by atoms with Gasteiger partial charge in [0.2, 0.25) is 5.78 Å². The number of Topliss-reactive ketones (excluding diaryl/α,β-unsaturated/α-hetero) is 1. The van der Waals surface area contributed by atoms with Gasteiger partial charge < -0.3 is 4.74 Å². The fraction of sp³-hybridized carbons (Fsp3) is 0.364. The number of rotatable bonds is 7. The maximum Gasteiger partial charge on any atom is 0.516 e. The first-order chi connectivity index (χ1) is 17.5. The summed E-state index contributed by atoms with van der Waals surface area (Å²) in [6.07, 6.45) is 4.25. The zero-order valence-corrected chi connectivity index (χ0v) is 21.3. The number of carbonyl (C=O) groups is 1. The summed E-state index contributed by atoms with van der Waals surface area (Å²) in [6, 6.07) is 6.20. The van der Waals surface area contributed by atoms with Crippen LogP contribution in [0.3, 0.4) is 0 Å². The Kier molecular flexibility index (Phi) is 7.33. The van der Waals surface area contributed by atoms with Crippen molar-refractivity contribution in [2.24, 2.45) is 5.10 Å². The van der Waals surface area contributed by atoms with E-state index >= 15 is 0 Å². The third-order valence-electron chi connectivity index (χ3n) is 5.69. The number of nitrogens with zero attached hydrogens (tertiary/aromatic N) is 6. The Morgan fingerprint density at radius 3 is 2.51 bits per heavy atom. The van der Waals surface area contributed by atoms with Crippen LogP contribution in [0.2, 0.25) is 5.02 Å². The van der Waals surface area contributed by atoms with Crippen molar-refractivity contribution in [3.05, 3.63) is 58.6 Å². The van der Waals surface area contributed by atoms with Crippen LogP contribution in [0.15, 0.2) is 41.8 Å². The molecule has 0 aliphatic carbocycles. The number of amidine groups is 1. The van der Waals surface area contributed by atoms with Crippen molar-refractivity contribution in [3.63, 3.8) is 0 Å². The van der Waals surface area contributed by atoms with Crippen LogP contribution in [-0.4, -0.2) is 64.6 Å². The zero-order chi connectivity index (χ0) is 27.0. The largest absolute Gasteiger partial charge is 0.516 e. The standard InChI is InChI=1S/C22H22ClF3N6O4S/c1-3-17-19(30-13-15(23)12-27-20(30)28-17)18(33)9-6-14-4-7-16(8-5-14)31-10-11-32(21(29-31)36-2)37(34,35)22(24,25)26/h4-5,7-8,12-13H,3,6,9-11H2,1-2H3. The number of ketones is 1. The minimum atomic E-state index is -5.63. The van der Waals surface area contributed by atoms with E-state index in [9.17, 15) is 26.4 Å². The van der Waals surface area contributed by atoms with Crippen LogP contribution in [0, 0.1) is 0 Å². The van der Waals surface area contributed by atoms with Crippen LogP contribution in [0.5, 0.6) is 0 Å². The van der Waals surface area contributed by atoms with Crippen LogP contribution in [0.25, 0.3) is 5.78 Å². The van der Waals surface area contributed by atoms with Gasteiger partial charge in [0.05, 0.1) is 42.8 Å². The molecule has 3 heterocycles. The molecule has 0 saturated heterocycles. The minimum Gasteiger partial charge on any atom is -0.467 e. The van der Waals surface area contributed by atoms with Gasteiger partial charge in [-0.3, -0.25) is 14.2 Å². The first-order valence-electron chi connectivity index (χ1n) is 11.1. The fourth-order valence-electron chi connectivity index (χ4n) is 3.87. The molecule has 0 radical (unpaired) electrons. The van der Waals surface area contributed by atoms with E-state index < -0.39 is 28.1 Å². The predicted octanol–water partition coefficient (Wildman–Crippen LogP) is 3.65. The van der Waals surface area contributed by atoms with Gasteiger partial charge in [-0.2, -0.15) is 21.6 Å². The summed E-state index contributed by atoms with van der Waals surface area (Å²) in [6.45, 7) is 1.28. The number of hydrogen-bond acceptors (Lipinski definition) is 8. The lowest BCUT2D eigenvalue weighted by atomic mass is 10.0. The quantitative estimate of drug-likeness (QED) is 0.407. The minimum absolute atomic E-state index is 0.0941. The number of fused-ring (bicyclic) bond motifs is 1. The lowest BCUT2D eigenvalue weighted by Crippen LogP contribution is -2.51. The van der Waals surface area contributed by atoms with E-state index in [-0.39, 0.29) is 23.1 Å². The monoisotopic (exact) mass is 558 g/mol. The molecule has 0 amide bonds. The highest BCUT2D eigenvalue weighted by molar-refractivity contribution is 7.90. The Bertz CT molecular complexity index is 1460. The first-order valence-corrected chi connectivity index (χ1v) is 12.9. The number of imidazole rings is 1. The summed E-state index contributed by atoms with van der Waals surface area (Å²) in [5.74, 6) is 0.280. The number of hydrogen-bond donors (Lipinski definition) is 0. The molecule has 0 fully saturated rings. The van der Waals surface area contributed by atoms with Crippen molar-refractivity contribution in [2.75, 3.05) is 25.2 Å². The number of aryl methyl sites for hydroxylation is 2. The van der Waals surface area contributed by atoms with Crippen molar-refractivity contribution >= 4 is 44.9 Å². The number of benzene rings is 1. The summed E-state index contributed by atoms with van der Waals surface area (Å²) in [5.41, 5.74) is -3.04.